The molecule has 164 valence electrons. The zero-order valence-corrected chi connectivity index (χ0v) is 19.7. The molecule has 0 spiro atoms. The van der Waals surface area contributed by atoms with Crippen molar-refractivity contribution < 1.29 is 9.36 Å². The van der Waals surface area contributed by atoms with Crippen LogP contribution in [0.4, 0.5) is 5.69 Å². The van der Waals surface area contributed by atoms with E-state index in [9.17, 15) is 9.36 Å². The number of benzene rings is 4. The topological polar surface area (TPSA) is 37.4 Å². The summed E-state index contributed by atoms with van der Waals surface area (Å²) in [6.45, 7) is 1.95. The number of amides is 1. The highest BCUT2D eigenvalue weighted by Crippen LogP contribution is 2.53. The minimum absolute atomic E-state index is 0.0187. The Kier molecular flexibility index (Phi) is 5.31. The number of hydrogen-bond donors (Lipinski definition) is 0. The van der Waals surface area contributed by atoms with Gasteiger partial charge in [0.05, 0.1) is 5.41 Å². The summed E-state index contributed by atoms with van der Waals surface area (Å²) in [4.78, 5) is 15.4. The second-order valence-corrected chi connectivity index (χ2v) is 11.7. The third-order valence-electron chi connectivity index (χ3n) is 6.72. The van der Waals surface area contributed by atoms with Gasteiger partial charge in [0, 0.05) is 29.5 Å². The summed E-state index contributed by atoms with van der Waals surface area (Å²) in [6.07, 6.45) is 0.239. The average Bonchev–Trinajstić information content (AvgIpc) is 3.06. The number of likely N-dealkylation sites (N-methyl/N-ethyl adjacent to an activating group) is 1. The summed E-state index contributed by atoms with van der Waals surface area (Å²) < 4.78 is 14.8. The standard InChI is InChI=1S/C29H26NO2P/c1-29(21-33(32,24-14-8-4-9-15-24)25-16-10-5-11-17-25)26-20-23(22-12-6-3-7-13-22)18-19-27(26)30(2)28(29)31/h3-20H,21H2,1-2H3. The highest BCUT2D eigenvalue weighted by atomic mass is 31.2. The molecule has 0 bridgehead atoms. The summed E-state index contributed by atoms with van der Waals surface area (Å²) in [6, 6.07) is 35.5. The van der Waals surface area contributed by atoms with Crippen LogP contribution >= 0.6 is 7.14 Å². The monoisotopic (exact) mass is 451 g/mol. The van der Waals surface area contributed by atoms with E-state index in [1.54, 1.807) is 4.90 Å². The summed E-state index contributed by atoms with van der Waals surface area (Å²) in [5.41, 5.74) is 3.06. The second-order valence-electron chi connectivity index (χ2n) is 8.86. The number of nitrogens with zero attached hydrogens (tertiary/aromatic N) is 1. The fraction of sp³-hybridized carbons (Fsp3) is 0.138. The van der Waals surface area contributed by atoms with E-state index < -0.39 is 12.6 Å². The van der Waals surface area contributed by atoms with Gasteiger partial charge in [-0.1, -0.05) is 97.1 Å². The molecule has 1 atom stereocenters. The van der Waals surface area contributed by atoms with Crippen molar-refractivity contribution >= 4 is 29.3 Å². The molecule has 0 aromatic heterocycles. The molecule has 3 nitrogen and oxygen atoms in total. The molecule has 5 rings (SSSR count). The SMILES string of the molecule is CN1C(=O)C(C)(CP(=O)(c2ccccc2)c2ccccc2)c2cc(-c3ccccc3)ccc21. The predicted molar refractivity (Wildman–Crippen MR) is 137 cm³/mol. The molecule has 0 N–H and O–H groups in total. The highest BCUT2D eigenvalue weighted by molar-refractivity contribution is 7.78. The minimum Gasteiger partial charge on any atom is -0.314 e. The molecule has 4 aromatic rings. The van der Waals surface area contributed by atoms with Crippen molar-refractivity contribution in [2.24, 2.45) is 0 Å². The van der Waals surface area contributed by atoms with Crippen LogP contribution in [-0.2, 0) is 14.8 Å². The van der Waals surface area contributed by atoms with Crippen LogP contribution in [0, 0.1) is 0 Å². The molecule has 0 aliphatic carbocycles. The molecule has 0 saturated heterocycles. The Morgan fingerprint density at radius 2 is 1.24 bits per heavy atom. The first kappa shape index (κ1) is 21.4. The number of fused-ring (bicyclic) bond motifs is 1. The van der Waals surface area contributed by atoms with Gasteiger partial charge in [-0.2, -0.15) is 0 Å². The normalized spacial score (nSPS) is 17.8. The zero-order valence-electron chi connectivity index (χ0n) is 18.8. The molecule has 0 fully saturated rings. The molecule has 4 aromatic carbocycles. The van der Waals surface area contributed by atoms with Gasteiger partial charge in [-0.25, -0.2) is 0 Å². The van der Waals surface area contributed by atoms with Crippen LogP contribution in [-0.4, -0.2) is 19.1 Å². The number of anilines is 1. The third kappa shape index (κ3) is 3.53. The minimum atomic E-state index is -3.09. The smallest absolute Gasteiger partial charge is 0.237 e. The Morgan fingerprint density at radius 3 is 1.79 bits per heavy atom. The quantitative estimate of drug-likeness (QED) is 0.370. The molecule has 0 radical (unpaired) electrons. The molecule has 1 unspecified atom stereocenters. The van der Waals surface area contributed by atoms with Crippen LogP contribution < -0.4 is 15.5 Å². The van der Waals surface area contributed by atoms with Crippen molar-refractivity contribution in [3.8, 4) is 11.1 Å². The van der Waals surface area contributed by atoms with E-state index in [1.165, 1.54) is 0 Å². The number of carbonyl (C=O) groups excluding carboxylic acids is 1. The molecule has 1 aliphatic heterocycles. The van der Waals surface area contributed by atoms with Crippen molar-refractivity contribution in [2.45, 2.75) is 12.3 Å². The zero-order chi connectivity index (χ0) is 23.1. The van der Waals surface area contributed by atoms with Crippen LogP contribution in [0.1, 0.15) is 12.5 Å². The molecule has 1 amide bonds. The Hall–Kier alpha value is -3.42. The Morgan fingerprint density at radius 1 is 0.727 bits per heavy atom. The molecular formula is C29H26NO2P. The van der Waals surface area contributed by atoms with E-state index in [1.807, 2.05) is 98.9 Å². The van der Waals surface area contributed by atoms with Crippen LogP contribution in [0.15, 0.2) is 109 Å². The summed E-state index contributed by atoms with van der Waals surface area (Å²) >= 11 is 0. The van der Waals surface area contributed by atoms with E-state index in [2.05, 4.69) is 24.3 Å². The first-order valence-electron chi connectivity index (χ1n) is 11.1. The molecular weight excluding hydrogens is 425 g/mol. The number of rotatable bonds is 5. The van der Waals surface area contributed by atoms with E-state index >= 15 is 0 Å². The maximum atomic E-state index is 14.8. The molecule has 1 heterocycles. The van der Waals surface area contributed by atoms with Gasteiger partial charge < -0.3 is 9.46 Å². The Labute approximate surface area is 195 Å². The van der Waals surface area contributed by atoms with E-state index in [0.29, 0.717) is 0 Å². The number of hydrogen-bond acceptors (Lipinski definition) is 2. The lowest BCUT2D eigenvalue weighted by Crippen LogP contribution is -2.41. The summed E-state index contributed by atoms with van der Waals surface area (Å²) in [7, 11) is -1.28. The first-order chi connectivity index (χ1) is 15.9. The van der Waals surface area contributed by atoms with Crippen molar-refractivity contribution in [1.29, 1.82) is 0 Å². The maximum Gasteiger partial charge on any atom is 0.237 e. The van der Waals surface area contributed by atoms with Crippen molar-refractivity contribution in [3.63, 3.8) is 0 Å². The van der Waals surface area contributed by atoms with Gasteiger partial charge in [-0.3, -0.25) is 4.79 Å². The first-order valence-corrected chi connectivity index (χ1v) is 13.0. The lowest BCUT2D eigenvalue weighted by atomic mass is 9.84. The average molecular weight is 452 g/mol. The van der Waals surface area contributed by atoms with Crippen LogP contribution in [0.5, 0.6) is 0 Å². The van der Waals surface area contributed by atoms with Crippen molar-refractivity contribution in [2.75, 3.05) is 18.1 Å². The fourth-order valence-corrected chi connectivity index (χ4v) is 8.11. The van der Waals surface area contributed by atoms with Gasteiger partial charge in [0.1, 0.15) is 7.14 Å². The van der Waals surface area contributed by atoms with E-state index in [0.717, 1.165) is 33.0 Å². The second kappa shape index (κ2) is 8.17. The molecule has 1 aliphatic rings. The van der Waals surface area contributed by atoms with E-state index in [4.69, 9.17) is 0 Å². The Balaban J connectivity index is 1.67. The van der Waals surface area contributed by atoms with Gasteiger partial charge in [0.2, 0.25) is 5.91 Å². The lowest BCUT2D eigenvalue weighted by Gasteiger charge is -2.30. The predicted octanol–water partition coefficient (Wildman–Crippen LogP) is 5.60. The molecule has 4 heteroatoms. The fourth-order valence-electron chi connectivity index (χ4n) is 4.94. The van der Waals surface area contributed by atoms with Gasteiger partial charge in [0.25, 0.3) is 0 Å². The third-order valence-corrected chi connectivity index (χ3v) is 10.1. The Bertz CT molecular complexity index is 1310. The van der Waals surface area contributed by atoms with Crippen LogP contribution in [0.2, 0.25) is 0 Å². The van der Waals surface area contributed by atoms with Crippen LogP contribution in [0.25, 0.3) is 11.1 Å². The lowest BCUT2D eigenvalue weighted by molar-refractivity contribution is -0.121. The van der Waals surface area contributed by atoms with E-state index in [-0.39, 0.29) is 12.1 Å². The van der Waals surface area contributed by atoms with Crippen molar-refractivity contribution in [1.82, 2.24) is 0 Å². The summed E-state index contributed by atoms with van der Waals surface area (Å²) in [5, 5.41) is 1.56. The van der Waals surface area contributed by atoms with Gasteiger partial charge in [-0.05, 0) is 35.7 Å². The molecule has 0 saturated carbocycles. The van der Waals surface area contributed by atoms with Gasteiger partial charge in [-0.15, -0.1) is 0 Å². The largest absolute Gasteiger partial charge is 0.314 e. The maximum absolute atomic E-state index is 14.8. The van der Waals surface area contributed by atoms with Gasteiger partial charge in [0.15, 0.2) is 0 Å². The summed E-state index contributed by atoms with van der Waals surface area (Å²) in [5.74, 6) is -0.0187. The van der Waals surface area contributed by atoms with Crippen molar-refractivity contribution in [3.05, 3.63) is 115 Å². The van der Waals surface area contributed by atoms with Gasteiger partial charge >= 0.3 is 0 Å². The molecule has 33 heavy (non-hydrogen) atoms. The van der Waals surface area contributed by atoms with Crippen LogP contribution in [0.3, 0.4) is 0 Å². The highest BCUT2D eigenvalue weighted by Gasteiger charge is 2.50. The number of carbonyl (C=O) groups is 1.